The molecule has 1 aromatic carbocycles. The number of benzene rings is 1. The molecule has 3 atom stereocenters. The van der Waals surface area contributed by atoms with E-state index in [2.05, 4.69) is 36.5 Å². The molecule has 2 saturated heterocycles. The van der Waals surface area contributed by atoms with Gasteiger partial charge in [0, 0.05) is 38.1 Å². The van der Waals surface area contributed by atoms with E-state index in [1.54, 1.807) is 29.4 Å². The molecular formula is C20H21FN8. The highest BCUT2D eigenvalue weighted by molar-refractivity contribution is 5.75. The SMILES string of the molecule is N#CC1(N2CCN3[C@@H](CC[C@@H]3c3cn(-c4cccc(F)c4)nn3)C2)C=NC=CN1. The first-order valence-electron chi connectivity index (χ1n) is 9.76. The fourth-order valence-corrected chi connectivity index (χ4v) is 4.57. The number of hydrogen-bond donors (Lipinski definition) is 1. The number of hydrogen-bond acceptors (Lipinski definition) is 7. The Balaban J connectivity index is 1.32. The number of aromatic nitrogens is 3. The maximum atomic E-state index is 13.5. The Morgan fingerprint density at radius 2 is 2.21 bits per heavy atom. The number of nitrogens with one attached hydrogen (secondary N) is 1. The van der Waals surface area contributed by atoms with E-state index in [1.807, 2.05) is 12.3 Å². The molecule has 1 unspecified atom stereocenters. The summed E-state index contributed by atoms with van der Waals surface area (Å²) in [5, 5.41) is 21.5. The molecule has 0 saturated carbocycles. The number of nitriles is 1. The lowest BCUT2D eigenvalue weighted by molar-refractivity contribution is 0.0427. The Bertz CT molecular complexity index is 1010. The minimum atomic E-state index is -0.876. The zero-order chi connectivity index (χ0) is 19.8. The van der Waals surface area contributed by atoms with Gasteiger partial charge in [-0.3, -0.25) is 14.8 Å². The van der Waals surface area contributed by atoms with Crippen molar-refractivity contribution in [2.24, 2.45) is 4.99 Å². The van der Waals surface area contributed by atoms with Crippen molar-refractivity contribution >= 4 is 6.21 Å². The Morgan fingerprint density at radius 3 is 3.00 bits per heavy atom. The van der Waals surface area contributed by atoms with Crippen molar-refractivity contribution in [3.8, 4) is 11.8 Å². The first-order chi connectivity index (χ1) is 14.2. The molecule has 1 aromatic heterocycles. The van der Waals surface area contributed by atoms with Crippen LogP contribution in [0, 0.1) is 17.1 Å². The fourth-order valence-electron chi connectivity index (χ4n) is 4.57. The number of fused-ring (bicyclic) bond motifs is 1. The van der Waals surface area contributed by atoms with Crippen LogP contribution in [-0.2, 0) is 0 Å². The topological polar surface area (TPSA) is 85.4 Å². The van der Waals surface area contributed by atoms with Crippen LogP contribution in [0.15, 0.2) is 47.9 Å². The van der Waals surface area contributed by atoms with Gasteiger partial charge >= 0.3 is 0 Å². The normalized spacial score (nSPS) is 29.4. The first kappa shape index (κ1) is 18.0. The molecule has 3 aliphatic heterocycles. The average molecular weight is 392 g/mol. The summed E-state index contributed by atoms with van der Waals surface area (Å²) in [7, 11) is 0. The number of rotatable bonds is 3. The van der Waals surface area contributed by atoms with Gasteiger partial charge < -0.3 is 5.32 Å². The van der Waals surface area contributed by atoms with E-state index in [4.69, 9.17) is 0 Å². The van der Waals surface area contributed by atoms with Crippen molar-refractivity contribution < 1.29 is 4.39 Å². The Kier molecular flexibility index (Phi) is 4.38. The van der Waals surface area contributed by atoms with E-state index in [0.717, 1.165) is 38.2 Å². The zero-order valence-electron chi connectivity index (χ0n) is 15.8. The molecule has 0 radical (unpaired) electrons. The lowest BCUT2D eigenvalue weighted by Gasteiger charge is -2.45. The number of piperazine rings is 1. The Morgan fingerprint density at radius 1 is 1.28 bits per heavy atom. The summed E-state index contributed by atoms with van der Waals surface area (Å²) in [6, 6.07) is 9.25. The molecule has 8 nitrogen and oxygen atoms in total. The standard InChI is InChI=1S/C20H21FN8/c21-15-2-1-3-16(10-15)29-12-18(25-26-29)19-5-4-17-11-27(8-9-28(17)19)20(13-22)14-23-6-7-24-20/h1-3,6-7,10,12,14,17,19,24H,4-5,8-9,11H2/t17-,19+,20?/m0/s1. The summed E-state index contributed by atoms with van der Waals surface area (Å²) >= 11 is 0. The number of halogens is 1. The van der Waals surface area contributed by atoms with Crippen LogP contribution >= 0.6 is 0 Å². The largest absolute Gasteiger partial charge is 0.355 e. The summed E-state index contributed by atoms with van der Waals surface area (Å²) in [4.78, 5) is 8.78. The summed E-state index contributed by atoms with van der Waals surface area (Å²) in [5.41, 5.74) is 0.690. The van der Waals surface area contributed by atoms with Crippen molar-refractivity contribution in [3.05, 3.63) is 54.4 Å². The molecule has 148 valence electrons. The molecule has 2 aromatic rings. The van der Waals surface area contributed by atoms with Gasteiger partial charge in [-0.1, -0.05) is 11.3 Å². The van der Waals surface area contributed by atoms with Crippen molar-refractivity contribution in [3.63, 3.8) is 0 Å². The van der Waals surface area contributed by atoms with Gasteiger partial charge in [-0.15, -0.1) is 5.10 Å². The highest BCUT2D eigenvalue weighted by Gasteiger charge is 2.45. The third-order valence-corrected chi connectivity index (χ3v) is 6.02. The number of nitrogens with zero attached hydrogens (tertiary/aromatic N) is 7. The van der Waals surface area contributed by atoms with Crippen molar-refractivity contribution in [1.82, 2.24) is 30.1 Å². The zero-order valence-corrected chi connectivity index (χ0v) is 15.8. The second-order valence-corrected chi connectivity index (χ2v) is 7.62. The predicted molar refractivity (Wildman–Crippen MR) is 104 cm³/mol. The third kappa shape index (κ3) is 3.10. The van der Waals surface area contributed by atoms with E-state index in [9.17, 15) is 9.65 Å². The smallest absolute Gasteiger partial charge is 0.217 e. The van der Waals surface area contributed by atoms with Crippen LogP contribution in [0.25, 0.3) is 5.69 Å². The highest BCUT2D eigenvalue weighted by atomic mass is 19.1. The van der Waals surface area contributed by atoms with Crippen molar-refractivity contribution in [2.45, 2.75) is 30.6 Å². The molecule has 3 aliphatic rings. The second-order valence-electron chi connectivity index (χ2n) is 7.62. The molecule has 0 amide bonds. The Hall–Kier alpha value is -3.09. The van der Waals surface area contributed by atoms with Crippen molar-refractivity contribution in [1.29, 1.82) is 5.26 Å². The van der Waals surface area contributed by atoms with Crippen LogP contribution in [0.5, 0.6) is 0 Å². The third-order valence-electron chi connectivity index (χ3n) is 6.02. The highest BCUT2D eigenvalue weighted by Crippen LogP contribution is 2.38. The molecule has 0 aliphatic carbocycles. The van der Waals surface area contributed by atoms with Crippen LogP contribution in [0.3, 0.4) is 0 Å². The monoisotopic (exact) mass is 392 g/mol. The minimum Gasteiger partial charge on any atom is -0.355 e. The van der Waals surface area contributed by atoms with Crippen LogP contribution in [0.4, 0.5) is 4.39 Å². The molecule has 0 bridgehead atoms. The molecule has 0 spiro atoms. The maximum Gasteiger partial charge on any atom is 0.217 e. The van der Waals surface area contributed by atoms with E-state index < -0.39 is 5.66 Å². The molecule has 1 N–H and O–H groups in total. The van der Waals surface area contributed by atoms with Crippen LogP contribution < -0.4 is 5.32 Å². The molecule has 4 heterocycles. The summed E-state index contributed by atoms with van der Waals surface area (Å²) in [6.45, 7) is 2.38. The Labute approximate surface area is 167 Å². The van der Waals surface area contributed by atoms with Gasteiger partial charge in [0.25, 0.3) is 0 Å². The van der Waals surface area contributed by atoms with E-state index in [0.29, 0.717) is 11.7 Å². The van der Waals surface area contributed by atoms with Gasteiger partial charge in [0.15, 0.2) is 0 Å². The van der Waals surface area contributed by atoms with Crippen molar-refractivity contribution in [2.75, 3.05) is 19.6 Å². The van der Waals surface area contributed by atoms with E-state index >= 15 is 0 Å². The van der Waals surface area contributed by atoms with Crippen LogP contribution in [0.1, 0.15) is 24.6 Å². The fraction of sp³-hybridized carbons (Fsp3) is 0.400. The summed E-state index contributed by atoms with van der Waals surface area (Å²) in [5.74, 6) is -0.294. The van der Waals surface area contributed by atoms with Gasteiger partial charge in [-0.2, -0.15) is 5.26 Å². The summed E-state index contributed by atoms with van der Waals surface area (Å²) in [6.07, 6.45) is 8.96. The van der Waals surface area contributed by atoms with Gasteiger partial charge in [-0.05, 0) is 31.0 Å². The quantitative estimate of drug-likeness (QED) is 0.854. The molecule has 2 fully saturated rings. The number of aliphatic imine (C=N–C) groups is 1. The molecule has 9 heteroatoms. The van der Waals surface area contributed by atoms with Crippen LogP contribution in [-0.4, -0.2) is 62.3 Å². The van der Waals surface area contributed by atoms with Gasteiger partial charge in [0.2, 0.25) is 5.66 Å². The molecule has 29 heavy (non-hydrogen) atoms. The van der Waals surface area contributed by atoms with Gasteiger partial charge in [0.05, 0.1) is 24.1 Å². The lowest BCUT2D eigenvalue weighted by atomic mass is 10.1. The van der Waals surface area contributed by atoms with Gasteiger partial charge in [-0.25, -0.2) is 9.07 Å². The minimum absolute atomic E-state index is 0.190. The van der Waals surface area contributed by atoms with E-state index in [1.165, 1.54) is 12.1 Å². The second kappa shape index (κ2) is 7.06. The first-order valence-corrected chi connectivity index (χ1v) is 9.76. The molecular weight excluding hydrogens is 371 g/mol. The van der Waals surface area contributed by atoms with Crippen LogP contribution in [0.2, 0.25) is 0 Å². The summed E-state index contributed by atoms with van der Waals surface area (Å²) < 4.78 is 15.1. The molecule has 5 rings (SSSR count). The maximum absolute atomic E-state index is 13.5. The van der Waals surface area contributed by atoms with E-state index in [-0.39, 0.29) is 11.9 Å². The average Bonchev–Trinajstić information content (AvgIpc) is 3.41. The van der Waals surface area contributed by atoms with Gasteiger partial charge in [0.1, 0.15) is 17.6 Å². The predicted octanol–water partition coefficient (Wildman–Crippen LogP) is 1.59. The lowest BCUT2D eigenvalue weighted by Crippen LogP contribution is -2.65.